The van der Waals surface area contributed by atoms with Crippen molar-refractivity contribution in [3.8, 4) is 0 Å². The van der Waals surface area contributed by atoms with Crippen LogP contribution in [0.15, 0.2) is 22.8 Å². The van der Waals surface area contributed by atoms with Crippen molar-refractivity contribution < 1.29 is 9.90 Å². The Labute approximate surface area is 103 Å². The highest BCUT2D eigenvalue weighted by molar-refractivity contribution is 9.10. The Hall–Kier alpha value is -1.10. The molecule has 0 aliphatic rings. The van der Waals surface area contributed by atoms with Crippen molar-refractivity contribution in [2.45, 2.75) is 26.3 Å². The summed E-state index contributed by atoms with van der Waals surface area (Å²) in [5.41, 5.74) is 0. The highest BCUT2D eigenvalue weighted by Gasteiger charge is 2.23. The van der Waals surface area contributed by atoms with Gasteiger partial charge in [-0.1, -0.05) is 36.2 Å². The van der Waals surface area contributed by atoms with Gasteiger partial charge in [-0.3, -0.25) is 0 Å². The fourth-order valence-electron chi connectivity index (χ4n) is 1.33. The quantitative estimate of drug-likeness (QED) is 0.874. The van der Waals surface area contributed by atoms with Gasteiger partial charge in [-0.25, -0.2) is 9.78 Å². The van der Waals surface area contributed by atoms with E-state index in [9.17, 15) is 4.79 Å². The van der Waals surface area contributed by atoms with E-state index in [1.807, 2.05) is 13.8 Å². The van der Waals surface area contributed by atoms with Gasteiger partial charge in [0, 0.05) is 10.7 Å². The number of hydrogen-bond acceptors (Lipinski definition) is 3. The van der Waals surface area contributed by atoms with Gasteiger partial charge >= 0.3 is 5.97 Å². The second kappa shape index (κ2) is 5.84. The van der Waals surface area contributed by atoms with Crippen LogP contribution < -0.4 is 5.32 Å². The molecule has 0 radical (unpaired) electrons. The molecule has 0 aliphatic heterocycles. The van der Waals surface area contributed by atoms with E-state index in [-0.39, 0.29) is 5.92 Å². The molecule has 0 aromatic carbocycles. The van der Waals surface area contributed by atoms with Crippen molar-refractivity contribution in [1.29, 1.82) is 0 Å². The van der Waals surface area contributed by atoms with Gasteiger partial charge in [0.05, 0.1) is 0 Å². The van der Waals surface area contributed by atoms with Gasteiger partial charge in [-0.15, -0.1) is 0 Å². The van der Waals surface area contributed by atoms with Crippen LogP contribution in [-0.4, -0.2) is 22.1 Å². The van der Waals surface area contributed by atoms with Crippen LogP contribution in [-0.2, 0) is 4.79 Å². The smallest absolute Gasteiger partial charge is 0.326 e. The second-order valence-electron chi connectivity index (χ2n) is 3.71. The van der Waals surface area contributed by atoms with E-state index in [0.29, 0.717) is 5.82 Å². The first-order chi connectivity index (χ1) is 7.54. The SMILES string of the molecule is CC[C@H](C)[C@H](Nc1cc(Br)ccn1)C(=O)O. The number of pyridine rings is 1. The van der Waals surface area contributed by atoms with E-state index < -0.39 is 12.0 Å². The molecule has 4 nitrogen and oxygen atoms in total. The van der Waals surface area contributed by atoms with Crippen LogP contribution in [0.4, 0.5) is 5.82 Å². The second-order valence-corrected chi connectivity index (χ2v) is 4.62. The Morgan fingerprint density at radius 3 is 2.88 bits per heavy atom. The molecule has 0 saturated carbocycles. The molecule has 0 bridgehead atoms. The highest BCUT2D eigenvalue weighted by Crippen LogP contribution is 2.17. The number of carboxylic acid groups (broad SMARTS) is 1. The van der Waals surface area contributed by atoms with Crippen molar-refractivity contribution in [2.75, 3.05) is 5.32 Å². The summed E-state index contributed by atoms with van der Waals surface area (Å²) < 4.78 is 0.873. The van der Waals surface area contributed by atoms with Gasteiger partial charge in [0.1, 0.15) is 11.9 Å². The third-order valence-electron chi connectivity index (χ3n) is 2.50. The van der Waals surface area contributed by atoms with Crippen LogP contribution in [0.5, 0.6) is 0 Å². The van der Waals surface area contributed by atoms with Crippen LogP contribution in [0.2, 0.25) is 0 Å². The number of hydrogen-bond donors (Lipinski definition) is 2. The summed E-state index contributed by atoms with van der Waals surface area (Å²) in [6, 6.07) is 2.95. The lowest BCUT2D eigenvalue weighted by Gasteiger charge is -2.20. The molecule has 0 amide bonds. The maximum Gasteiger partial charge on any atom is 0.326 e. The van der Waals surface area contributed by atoms with E-state index in [1.54, 1.807) is 18.3 Å². The van der Waals surface area contributed by atoms with Crippen molar-refractivity contribution in [3.05, 3.63) is 22.8 Å². The normalized spacial score (nSPS) is 14.2. The molecule has 1 rings (SSSR count). The van der Waals surface area contributed by atoms with Crippen LogP contribution in [0.3, 0.4) is 0 Å². The number of rotatable bonds is 5. The number of anilines is 1. The zero-order chi connectivity index (χ0) is 12.1. The maximum absolute atomic E-state index is 11.1. The van der Waals surface area contributed by atoms with E-state index in [1.165, 1.54) is 0 Å². The van der Waals surface area contributed by atoms with Crippen LogP contribution in [0.1, 0.15) is 20.3 Å². The Kier molecular flexibility index (Phi) is 4.73. The predicted octanol–water partition coefficient (Wildman–Crippen LogP) is 2.76. The molecule has 1 aromatic rings. The summed E-state index contributed by atoms with van der Waals surface area (Å²) in [5, 5.41) is 12.0. The minimum Gasteiger partial charge on any atom is -0.480 e. The number of nitrogens with one attached hydrogen (secondary N) is 1. The molecule has 0 saturated heterocycles. The zero-order valence-corrected chi connectivity index (χ0v) is 10.9. The molecular weight excluding hydrogens is 272 g/mol. The number of carbonyl (C=O) groups is 1. The number of carboxylic acids is 1. The highest BCUT2D eigenvalue weighted by atomic mass is 79.9. The van der Waals surface area contributed by atoms with Gasteiger partial charge in [0.2, 0.25) is 0 Å². The van der Waals surface area contributed by atoms with Gasteiger partial charge in [-0.2, -0.15) is 0 Å². The lowest BCUT2D eigenvalue weighted by Crippen LogP contribution is -2.35. The van der Waals surface area contributed by atoms with Gasteiger partial charge < -0.3 is 10.4 Å². The van der Waals surface area contributed by atoms with Crippen molar-refractivity contribution in [1.82, 2.24) is 4.98 Å². The van der Waals surface area contributed by atoms with Crippen LogP contribution in [0, 0.1) is 5.92 Å². The van der Waals surface area contributed by atoms with E-state index in [2.05, 4.69) is 26.2 Å². The summed E-state index contributed by atoms with van der Waals surface area (Å²) in [5.74, 6) is -0.225. The molecule has 0 spiro atoms. The number of nitrogens with zero attached hydrogens (tertiary/aromatic N) is 1. The fourth-order valence-corrected chi connectivity index (χ4v) is 1.66. The summed E-state index contributed by atoms with van der Waals surface area (Å²) in [4.78, 5) is 15.2. The van der Waals surface area contributed by atoms with Crippen molar-refractivity contribution in [2.24, 2.45) is 5.92 Å². The van der Waals surface area contributed by atoms with Crippen molar-refractivity contribution in [3.63, 3.8) is 0 Å². The third-order valence-corrected chi connectivity index (χ3v) is 3.00. The Bertz CT molecular complexity index is 371. The Morgan fingerprint density at radius 2 is 2.38 bits per heavy atom. The molecule has 2 atom stereocenters. The fraction of sp³-hybridized carbons (Fsp3) is 0.455. The first-order valence-corrected chi connectivity index (χ1v) is 5.94. The van der Waals surface area contributed by atoms with Crippen molar-refractivity contribution >= 4 is 27.7 Å². The topological polar surface area (TPSA) is 62.2 Å². The van der Waals surface area contributed by atoms with Gasteiger partial charge in [0.15, 0.2) is 0 Å². The lowest BCUT2D eigenvalue weighted by atomic mass is 9.99. The molecule has 2 N–H and O–H groups in total. The average molecular weight is 287 g/mol. The molecule has 1 aromatic heterocycles. The molecule has 16 heavy (non-hydrogen) atoms. The van der Waals surface area contributed by atoms with E-state index >= 15 is 0 Å². The summed E-state index contributed by atoms with van der Waals surface area (Å²) >= 11 is 3.32. The third kappa shape index (κ3) is 3.48. The van der Waals surface area contributed by atoms with Gasteiger partial charge in [-0.05, 0) is 18.1 Å². The minimum atomic E-state index is -0.851. The lowest BCUT2D eigenvalue weighted by molar-refractivity contribution is -0.139. The first kappa shape index (κ1) is 13.0. The Balaban J connectivity index is 2.79. The van der Waals surface area contributed by atoms with Gasteiger partial charge in [0.25, 0.3) is 0 Å². The van der Waals surface area contributed by atoms with Crippen LogP contribution in [0.25, 0.3) is 0 Å². The monoisotopic (exact) mass is 286 g/mol. The molecule has 0 aliphatic carbocycles. The first-order valence-electron chi connectivity index (χ1n) is 5.15. The predicted molar refractivity (Wildman–Crippen MR) is 66.4 cm³/mol. The average Bonchev–Trinajstić information content (AvgIpc) is 2.24. The standard InChI is InChI=1S/C11H15BrN2O2/c1-3-7(2)10(11(15)16)14-9-6-8(12)4-5-13-9/h4-7,10H,3H2,1-2H3,(H,13,14)(H,15,16)/t7-,10-/m0/s1. The largest absolute Gasteiger partial charge is 0.480 e. The number of halogens is 1. The maximum atomic E-state index is 11.1. The summed E-state index contributed by atoms with van der Waals surface area (Å²) in [7, 11) is 0. The zero-order valence-electron chi connectivity index (χ0n) is 9.27. The molecule has 5 heteroatoms. The van der Waals surface area contributed by atoms with E-state index in [0.717, 1.165) is 10.9 Å². The molecular formula is C11H15BrN2O2. The molecule has 0 unspecified atom stereocenters. The Morgan fingerprint density at radius 1 is 1.69 bits per heavy atom. The summed E-state index contributed by atoms with van der Waals surface area (Å²) in [6.45, 7) is 3.88. The van der Waals surface area contributed by atoms with Crippen LogP contribution >= 0.6 is 15.9 Å². The molecule has 0 fully saturated rings. The minimum absolute atomic E-state index is 0.0540. The molecule has 1 heterocycles. The molecule has 88 valence electrons. The summed E-state index contributed by atoms with van der Waals surface area (Å²) in [6.07, 6.45) is 2.43. The number of aliphatic carboxylic acids is 1. The number of aromatic nitrogens is 1. The van der Waals surface area contributed by atoms with E-state index in [4.69, 9.17) is 5.11 Å².